The van der Waals surface area contributed by atoms with Gasteiger partial charge in [0.05, 0.1) is 41.4 Å². The molecule has 2 heterocycles. The van der Waals surface area contributed by atoms with Crippen LogP contribution in [-0.2, 0) is 28.0 Å². The molecule has 1 aromatic carbocycles. The predicted molar refractivity (Wildman–Crippen MR) is 121 cm³/mol. The van der Waals surface area contributed by atoms with Crippen LogP contribution in [0.3, 0.4) is 0 Å². The molecule has 0 N–H and O–H groups in total. The second kappa shape index (κ2) is 8.88. The first kappa shape index (κ1) is 24.9. The maximum Gasteiger partial charge on any atom is 0.435 e. The summed E-state index contributed by atoms with van der Waals surface area (Å²) in [5.74, 6) is -0.334. The van der Waals surface area contributed by atoms with E-state index in [0.29, 0.717) is 17.0 Å². The van der Waals surface area contributed by atoms with Crippen molar-refractivity contribution in [2.24, 2.45) is 0 Å². The molecule has 3 rings (SSSR count). The SMILES string of the molecule is CCOC(=O)n1nc(CC(=O)c2ccc([N+](=O)[O-])cc2)c2c1C(C)(C)N(C(=O)OC(C)(C)C)C2. The fraction of sp³-hybridized carbons (Fsp3) is 0.478. The first-order valence-electron chi connectivity index (χ1n) is 10.8. The molecule has 1 amide bonds. The van der Waals surface area contributed by atoms with Gasteiger partial charge in [-0.15, -0.1) is 0 Å². The minimum atomic E-state index is -0.966. The monoisotopic (exact) mass is 472 g/mol. The molecular formula is C23H28N4O7. The van der Waals surface area contributed by atoms with Gasteiger partial charge in [0.15, 0.2) is 5.78 Å². The summed E-state index contributed by atoms with van der Waals surface area (Å²) in [6, 6.07) is 5.25. The number of aromatic nitrogens is 2. The Kier molecular flexibility index (Phi) is 6.50. The summed E-state index contributed by atoms with van der Waals surface area (Å²) >= 11 is 0. The van der Waals surface area contributed by atoms with Gasteiger partial charge >= 0.3 is 12.2 Å². The van der Waals surface area contributed by atoms with Crippen molar-refractivity contribution in [2.75, 3.05) is 6.61 Å². The van der Waals surface area contributed by atoms with E-state index in [9.17, 15) is 24.5 Å². The molecule has 1 aromatic heterocycles. The summed E-state index contributed by atoms with van der Waals surface area (Å²) in [5, 5.41) is 15.2. The van der Waals surface area contributed by atoms with Crippen LogP contribution in [0.25, 0.3) is 0 Å². The zero-order chi connectivity index (χ0) is 25.4. The Morgan fingerprint density at radius 1 is 1.15 bits per heavy atom. The van der Waals surface area contributed by atoms with Crippen molar-refractivity contribution in [3.05, 3.63) is 56.9 Å². The number of Topliss-reactive ketones (excluding diaryl/α,β-unsaturated/α-hetero) is 1. The molecule has 0 saturated heterocycles. The lowest BCUT2D eigenvalue weighted by atomic mass is 9.98. The number of nitro groups is 1. The van der Waals surface area contributed by atoms with Gasteiger partial charge in [-0.05, 0) is 53.7 Å². The molecule has 0 spiro atoms. The molecular weight excluding hydrogens is 444 g/mol. The van der Waals surface area contributed by atoms with Crippen LogP contribution in [0.1, 0.15) is 68.9 Å². The van der Waals surface area contributed by atoms with E-state index < -0.39 is 28.2 Å². The van der Waals surface area contributed by atoms with Crippen molar-refractivity contribution in [1.82, 2.24) is 14.7 Å². The summed E-state index contributed by atoms with van der Waals surface area (Å²) in [6.45, 7) is 10.7. The van der Waals surface area contributed by atoms with Crippen LogP contribution in [0.4, 0.5) is 15.3 Å². The van der Waals surface area contributed by atoms with Gasteiger partial charge in [0.1, 0.15) is 5.60 Å². The summed E-state index contributed by atoms with van der Waals surface area (Å²) < 4.78 is 11.8. The lowest BCUT2D eigenvalue weighted by Gasteiger charge is -2.34. The Hall–Kier alpha value is -3.76. The van der Waals surface area contributed by atoms with E-state index in [2.05, 4.69) is 5.10 Å². The molecule has 0 bridgehead atoms. The number of fused-ring (bicyclic) bond motifs is 1. The predicted octanol–water partition coefficient (Wildman–Crippen LogP) is 4.21. The number of benzene rings is 1. The molecule has 0 radical (unpaired) electrons. The Labute approximate surface area is 196 Å². The minimum Gasteiger partial charge on any atom is -0.448 e. The summed E-state index contributed by atoms with van der Waals surface area (Å²) in [5.41, 5.74) is -0.200. The number of nitro benzene ring substituents is 1. The van der Waals surface area contributed by atoms with Crippen molar-refractivity contribution in [1.29, 1.82) is 0 Å². The third kappa shape index (κ3) is 4.78. The first-order valence-corrected chi connectivity index (χ1v) is 10.8. The highest BCUT2D eigenvalue weighted by atomic mass is 16.6. The van der Waals surface area contributed by atoms with Crippen LogP contribution in [0, 0.1) is 10.1 Å². The maximum absolute atomic E-state index is 12.9. The van der Waals surface area contributed by atoms with E-state index in [4.69, 9.17) is 9.47 Å². The van der Waals surface area contributed by atoms with E-state index in [1.807, 2.05) is 0 Å². The highest BCUT2D eigenvalue weighted by Crippen LogP contribution is 2.41. The largest absolute Gasteiger partial charge is 0.448 e. The number of ketones is 1. The Balaban J connectivity index is 1.99. The number of carbonyl (C=O) groups excluding carboxylic acids is 3. The summed E-state index contributed by atoms with van der Waals surface area (Å²) in [6.07, 6.45) is -1.44. The molecule has 11 nitrogen and oxygen atoms in total. The Morgan fingerprint density at radius 3 is 2.29 bits per heavy atom. The molecule has 1 aliphatic rings. The van der Waals surface area contributed by atoms with E-state index in [-0.39, 0.29) is 36.6 Å². The summed E-state index contributed by atoms with van der Waals surface area (Å²) in [7, 11) is 0. The summed E-state index contributed by atoms with van der Waals surface area (Å²) in [4.78, 5) is 50.3. The number of hydrogen-bond acceptors (Lipinski definition) is 8. The first-order chi connectivity index (χ1) is 15.8. The lowest BCUT2D eigenvalue weighted by Crippen LogP contribution is -2.44. The van der Waals surface area contributed by atoms with Gasteiger partial charge in [-0.1, -0.05) is 0 Å². The van der Waals surface area contributed by atoms with Gasteiger partial charge < -0.3 is 9.47 Å². The maximum atomic E-state index is 12.9. The number of hydrogen-bond donors (Lipinski definition) is 0. The van der Waals surface area contributed by atoms with Gasteiger partial charge in [-0.25, -0.2) is 9.59 Å². The normalized spacial score (nSPS) is 14.5. The molecule has 1 aliphatic heterocycles. The number of carbonyl (C=O) groups is 3. The average Bonchev–Trinajstić information content (AvgIpc) is 3.22. The third-order valence-electron chi connectivity index (χ3n) is 5.42. The van der Waals surface area contributed by atoms with Crippen LogP contribution in [0.2, 0.25) is 0 Å². The van der Waals surface area contributed by atoms with Crippen molar-refractivity contribution >= 4 is 23.7 Å². The van der Waals surface area contributed by atoms with Gasteiger partial charge in [0, 0.05) is 23.3 Å². The highest BCUT2D eigenvalue weighted by molar-refractivity contribution is 5.97. The molecule has 0 fully saturated rings. The smallest absolute Gasteiger partial charge is 0.435 e. The molecule has 0 aliphatic carbocycles. The standard InChI is InChI=1S/C23H28N4O7/c1-7-33-21(30)26-19-16(13-25(23(19,5)6)20(29)34-22(2,3)4)17(24-26)12-18(28)14-8-10-15(11-9-14)27(31)32/h8-11H,7,12-13H2,1-6H3. The van der Waals surface area contributed by atoms with Crippen LogP contribution < -0.4 is 0 Å². The Bertz CT molecular complexity index is 1140. The number of non-ortho nitro benzene ring substituents is 1. The van der Waals surface area contributed by atoms with Gasteiger partial charge in [-0.2, -0.15) is 9.78 Å². The van der Waals surface area contributed by atoms with Crippen LogP contribution in [0.15, 0.2) is 24.3 Å². The van der Waals surface area contributed by atoms with E-state index in [1.165, 1.54) is 29.2 Å². The third-order valence-corrected chi connectivity index (χ3v) is 5.42. The van der Waals surface area contributed by atoms with Gasteiger partial charge in [0.2, 0.25) is 0 Å². The zero-order valence-electron chi connectivity index (χ0n) is 20.1. The zero-order valence-corrected chi connectivity index (χ0v) is 20.1. The number of ether oxygens (including phenoxy) is 2. The quantitative estimate of drug-likeness (QED) is 0.359. The Morgan fingerprint density at radius 2 is 1.76 bits per heavy atom. The van der Waals surface area contributed by atoms with E-state index in [0.717, 1.165) is 4.68 Å². The molecule has 182 valence electrons. The number of amides is 1. The molecule has 0 atom stereocenters. The van der Waals surface area contributed by atoms with Crippen molar-refractivity contribution in [3.8, 4) is 0 Å². The second-order valence-corrected chi connectivity index (χ2v) is 9.41. The van der Waals surface area contributed by atoms with E-state index in [1.54, 1.807) is 41.5 Å². The molecule has 0 saturated carbocycles. The lowest BCUT2D eigenvalue weighted by molar-refractivity contribution is -0.384. The van der Waals surface area contributed by atoms with E-state index >= 15 is 0 Å². The van der Waals surface area contributed by atoms with Crippen LogP contribution in [-0.4, -0.2) is 49.8 Å². The van der Waals surface area contributed by atoms with Crippen LogP contribution >= 0.6 is 0 Å². The highest BCUT2D eigenvalue weighted by Gasteiger charge is 2.48. The molecule has 2 aromatic rings. The second-order valence-electron chi connectivity index (χ2n) is 9.41. The molecule has 11 heteroatoms. The van der Waals surface area contributed by atoms with Gasteiger partial charge in [-0.3, -0.25) is 19.8 Å². The topological polar surface area (TPSA) is 134 Å². The fourth-order valence-corrected chi connectivity index (χ4v) is 3.87. The van der Waals surface area contributed by atoms with Crippen LogP contribution in [0.5, 0.6) is 0 Å². The van der Waals surface area contributed by atoms with Crippen molar-refractivity contribution < 1.29 is 28.8 Å². The van der Waals surface area contributed by atoms with Crippen molar-refractivity contribution in [2.45, 2.75) is 65.6 Å². The average molecular weight is 472 g/mol. The number of nitrogens with zero attached hydrogens (tertiary/aromatic N) is 4. The molecule has 34 heavy (non-hydrogen) atoms. The molecule has 0 unspecified atom stereocenters. The van der Waals surface area contributed by atoms with Crippen molar-refractivity contribution in [3.63, 3.8) is 0 Å². The number of rotatable bonds is 5. The van der Waals surface area contributed by atoms with Gasteiger partial charge in [0.25, 0.3) is 5.69 Å². The minimum absolute atomic E-state index is 0.0968. The fourth-order valence-electron chi connectivity index (χ4n) is 3.87.